The van der Waals surface area contributed by atoms with Crippen molar-refractivity contribution in [3.63, 3.8) is 0 Å². The van der Waals surface area contributed by atoms with E-state index in [4.69, 9.17) is 4.74 Å². The number of aromatic nitrogens is 1. The quantitative estimate of drug-likeness (QED) is 0.335. The molecule has 1 aliphatic rings. The number of benzene rings is 3. The van der Waals surface area contributed by atoms with Gasteiger partial charge >= 0.3 is 5.97 Å². The molecule has 0 N–H and O–H groups in total. The minimum absolute atomic E-state index is 0.0432. The third-order valence-corrected chi connectivity index (χ3v) is 6.98. The maximum atomic E-state index is 13.7. The molecule has 1 aliphatic heterocycles. The normalized spacial score (nSPS) is 16.2. The number of esters is 1. The number of fused-ring (bicyclic) bond motifs is 1. The molecule has 1 saturated heterocycles. The zero-order valence-corrected chi connectivity index (χ0v) is 21.0. The van der Waals surface area contributed by atoms with E-state index in [2.05, 4.69) is 34.1 Å². The third-order valence-electron chi connectivity index (χ3n) is 6.98. The number of carbonyl (C=O) groups is 2. The maximum Gasteiger partial charge on any atom is 0.307 e. The van der Waals surface area contributed by atoms with E-state index < -0.39 is 0 Å². The average Bonchev–Trinajstić information content (AvgIpc) is 2.94. The summed E-state index contributed by atoms with van der Waals surface area (Å²) in [6.07, 6.45) is 3.63. The van der Waals surface area contributed by atoms with Crippen LogP contribution < -0.4 is 0 Å². The molecule has 6 nitrogen and oxygen atoms in total. The highest BCUT2D eigenvalue weighted by Gasteiger charge is 2.37. The average molecular weight is 494 g/mol. The molecule has 188 valence electrons. The fourth-order valence-electron chi connectivity index (χ4n) is 5.29. The Morgan fingerprint density at radius 2 is 1.54 bits per heavy atom. The SMILES string of the molecule is CCOC(=O)CC1CN(C(=O)c2cncc3ccccc23)CCN1C(c1ccccc1)c1ccccc1. The monoisotopic (exact) mass is 493 g/mol. The summed E-state index contributed by atoms with van der Waals surface area (Å²) >= 11 is 0. The molecule has 0 spiro atoms. The van der Waals surface area contributed by atoms with Gasteiger partial charge in [-0.25, -0.2) is 0 Å². The predicted molar refractivity (Wildman–Crippen MR) is 144 cm³/mol. The van der Waals surface area contributed by atoms with E-state index in [9.17, 15) is 9.59 Å². The third kappa shape index (κ3) is 5.39. The number of piperazine rings is 1. The van der Waals surface area contributed by atoms with Crippen LogP contribution in [0.5, 0.6) is 0 Å². The van der Waals surface area contributed by atoms with E-state index >= 15 is 0 Å². The molecule has 0 aliphatic carbocycles. The molecule has 1 amide bonds. The molecular formula is C31H31N3O3. The molecule has 1 unspecified atom stereocenters. The largest absolute Gasteiger partial charge is 0.466 e. The second-order valence-electron chi connectivity index (χ2n) is 9.28. The fraction of sp³-hybridized carbons (Fsp3) is 0.258. The molecule has 37 heavy (non-hydrogen) atoms. The Hall–Kier alpha value is -4.03. The Morgan fingerprint density at radius 3 is 2.22 bits per heavy atom. The lowest BCUT2D eigenvalue weighted by Gasteiger charge is -2.45. The number of carbonyl (C=O) groups excluding carboxylic acids is 2. The van der Waals surface area contributed by atoms with Crippen LogP contribution in [-0.4, -0.2) is 58.9 Å². The lowest BCUT2D eigenvalue weighted by atomic mass is 9.93. The highest BCUT2D eigenvalue weighted by Crippen LogP contribution is 2.33. The van der Waals surface area contributed by atoms with Crippen LogP contribution in [0.3, 0.4) is 0 Å². The van der Waals surface area contributed by atoms with Gasteiger partial charge < -0.3 is 9.64 Å². The van der Waals surface area contributed by atoms with Gasteiger partial charge in [0, 0.05) is 43.5 Å². The molecule has 6 heteroatoms. The van der Waals surface area contributed by atoms with Crippen molar-refractivity contribution in [1.29, 1.82) is 0 Å². The van der Waals surface area contributed by atoms with Crippen LogP contribution in [0, 0.1) is 0 Å². The number of rotatable bonds is 7. The predicted octanol–water partition coefficient (Wildman–Crippen LogP) is 5.10. The second kappa shape index (κ2) is 11.4. The fourth-order valence-corrected chi connectivity index (χ4v) is 5.29. The Bertz CT molecular complexity index is 1320. The van der Waals surface area contributed by atoms with Crippen LogP contribution in [-0.2, 0) is 9.53 Å². The van der Waals surface area contributed by atoms with Crippen LogP contribution in [0.25, 0.3) is 10.8 Å². The van der Waals surface area contributed by atoms with Crippen molar-refractivity contribution in [3.8, 4) is 0 Å². The van der Waals surface area contributed by atoms with Crippen LogP contribution >= 0.6 is 0 Å². The molecule has 2 heterocycles. The Balaban J connectivity index is 1.48. The number of hydrogen-bond donors (Lipinski definition) is 0. The summed E-state index contributed by atoms with van der Waals surface area (Å²) in [6.45, 7) is 3.75. The van der Waals surface area contributed by atoms with E-state index in [-0.39, 0.29) is 30.4 Å². The molecule has 0 bridgehead atoms. The van der Waals surface area contributed by atoms with Gasteiger partial charge in [0.25, 0.3) is 5.91 Å². The van der Waals surface area contributed by atoms with Gasteiger partial charge in [0.15, 0.2) is 0 Å². The first-order chi connectivity index (χ1) is 18.2. The highest BCUT2D eigenvalue weighted by molar-refractivity contribution is 6.06. The number of nitrogens with zero attached hydrogens (tertiary/aromatic N) is 3. The van der Waals surface area contributed by atoms with Crippen molar-refractivity contribution in [1.82, 2.24) is 14.8 Å². The van der Waals surface area contributed by atoms with Crippen molar-refractivity contribution < 1.29 is 14.3 Å². The summed E-state index contributed by atoms with van der Waals surface area (Å²) in [6, 6.07) is 28.2. The molecule has 5 rings (SSSR count). The second-order valence-corrected chi connectivity index (χ2v) is 9.28. The van der Waals surface area contributed by atoms with Crippen LogP contribution in [0.15, 0.2) is 97.3 Å². The molecule has 1 aromatic heterocycles. The minimum Gasteiger partial charge on any atom is -0.466 e. The number of pyridine rings is 1. The van der Waals surface area contributed by atoms with Crippen molar-refractivity contribution in [2.75, 3.05) is 26.2 Å². The topological polar surface area (TPSA) is 62.7 Å². The van der Waals surface area contributed by atoms with Gasteiger partial charge in [-0.3, -0.25) is 19.5 Å². The van der Waals surface area contributed by atoms with Crippen LogP contribution in [0.4, 0.5) is 0 Å². The molecular weight excluding hydrogens is 462 g/mol. The number of amides is 1. The lowest BCUT2D eigenvalue weighted by molar-refractivity contribution is -0.145. The molecule has 4 aromatic rings. The highest BCUT2D eigenvalue weighted by atomic mass is 16.5. The first-order valence-electron chi connectivity index (χ1n) is 12.8. The summed E-state index contributed by atoms with van der Waals surface area (Å²) in [7, 11) is 0. The van der Waals surface area contributed by atoms with E-state index in [0.29, 0.717) is 31.8 Å². The zero-order chi connectivity index (χ0) is 25.6. The number of hydrogen-bond acceptors (Lipinski definition) is 5. The summed E-state index contributed by atoms with van der Waals surface area (Å²) in [5.41, 5.74) is 2.89. The van der Waals surface area contributed by atoms with E-state index in [1.807, 2.05) is 72.5 Å². The van der Waals surface area contributed by atoms with Gasteiger partial charge in [-0.05, 0) is 23.4 Å². The molecule has 0 saturated carbocycles. The smallest absolute Gasteiger partial charge is 0.307 e. The summed E-state index contributed by atoms with van der Waals surface area (Å²) < 4.78 is 5.34. The van der Waals surface area contributed by atoms with Crippen molar-refractivity contribution in [3.05, 3.63) is 114 Å². The Kier molecular flexibility index (Phi) is 7.57. The van der Waals surface area contributed by atoms with Gasteiger partial charge in [-0.1, -0.05) is 84.9 Å². The zero-order valence-electron chi connectivity index (χ0n) is 21.0. The molecule has 0 radical (unpaired) electrons. The first-order valence-corrected chi connectivity index (χ1v) is 12.8. The maximum absolute atomic E-state index is 13.7. The number of ether oxygens (including phenoxy) is 1. The Morgan fingerprint density at radius 1 is 0.892 bits per heavy atom. The molecule has 1 fully saturated rings. The van der Waals surface area contributed by atoms with Crippen molar-refractivity contribution in [2.45, 2.75) is 25.4 Å². The van der Waals surface area contributed by atoms with Crippen molar-refractivity contribution in [2.24, 2.45) is 0 Å². The van der Waals surface area contributed by atoms with Gasteiger partial charge in [-0.2, -0.15) is 0 Å². The minimum atomic E-state index is -0.251. The first kappa shape index (κ1) is 24.7. The van der Waals surface area contributed by atoms with Gasteiger partial charge in [0.2, 0.25) is 0 Å². The Labute approximate surface area is 217 Å². The van der Waals surface area contributed by atoms with E-state index in [1.54, 1.807) is 12.4 Å². The summed E-state index contributed by atoms with van der Waals surface area (Å²) in [4.78, 5) is 35.0. The summed E-state index contributed by atoms with van der Waals surface area (Å²) in [5.74, 6) is -0.313. The van der Waals surface area contributed by atoms with E-state index in [1.165, 1.54) is 0 Å². The molecule has 3 aromatic carbocycles. The van der Waals surface area contributed by atoms with Crippen LogP contribution in [0.1, 0.15) is 40.9 Å². The van der Waals surface area contributed by atoms with Gasteiger partial charge in [0.1, 0.15) is 0 Å². The molecule has 1 atom stereocenters. The van der Waals surface area contributed by atoms with E-state index in [0.717, 1.165) is 21.9 Å². The van der Waals surface area contributed by atoms with Gasteiger partial charge in [-0.15, -0.1) is 0 Å². The van der Waals surface area contributed by atoms with Crippen LogP contribution in [0.2, 0.25) is 0 Å². The standard InChI is InChI=1S/C31H31N3O3/c1-2-37-29(35)19-26-22-33(31(36)28-21-32-20-25-15-9-10-16-27(25)28)17-18-34(26)30(23-11-5-3-6-12-23)24-13-7-4-8-14-24/h3-16,20-21,26,30H,2,17-19,22H2,1H3. The lowest BCUT2D eigenvalue weighted by Crippen LogP contribution is -2.56. The summed E-state index contributed by atoms with van der Waals surface area (Å²) in [5, 5.41) is 1.82. The van der Waals surface area contributed by atoms with Gasteiger partial charge in [0.05, 0.1) is 24.6 Å². The van der Waals surface area contributed by atoms with Crippen molar-refractivity contribution >= 4 is 22.6 Å².